The van der Waals surface area contributed by atoms with Crippen LogP contribution in [0.5, 0.6) is 5.75 Å². The molecule has 0 radical (unpaired) electrons. The van der Waals surface area contributed by atoms with Crippen molar-refractivity contribution in [2.45, 2.75) is 45.2 Å². The monoisotopic (exact) mass is 355 g/mol. The van der Waals surface area contributed by atoms with Crippen LogP contribution in [0.4, 0.5) is 0 Å². The average Bonchev–Trinajstić information content (AvgIpc) is 3.29. The second-order valence-corrected chi connectivity index (χ2v) is 7.81. The van der Waals surface area contributed by atoms with Crippen LogP contribution in [0, 0.1) is 11.8 Å². The van der Waals surface area contributed by atoms with Crippen molar-refractivity contribution in [1.29, 1.82) is 0 Å². The lowest BCUT2D eigenvalue weighted by Crippen LogP contribution is -2.46. The Kier molecular flexibility index (Phi) is 4.51. The van der Waals surface area contributed by atoms with Gasteiger partial charge in [0.25, 0.3) is 5.91 Å². The molecule has 3 aliphatic rings. The Bertz CT molecular complexity index is 732. The van der Waals surface area contributed by atoms with E-state index in [0.717, 1.165) is 57.0 Å². The molecule has 1 aromatic carbocycles. The largest absolute Gasteiger partial charge is 0.497 e. The van der Waals surface area contributed by atoms with Crippen LogP contribution in [-0.4, -0.2) is 53.8 Å². The number of benzene rings is 1. The minimum absolute atomic E-state index is 0.257. The Balaban J connectivity index is 1.52. The minimum Gasteiger partial charge on any atom is -0.497 e. The van der Waals surface area contributed by atoms with Gasteiger partial charge in [0, 0.05) is 38.5 Å². The molecule has 1 saturated carbocycles. The number of carbonyl (C=O) groups excluding carboxylic acids is 1. The van der Waals surface area contributed by atoms with E-state index in [1.54, 1.807) is 7.11 Å². The molecule has 2 heterocycles. The van der Waals surface area contributed by atoms with E-state index in [4.69, 9.17) is 9.73 Å². The van der Waals surface area contributed by atoms with E-state index in [0.29, 0.717) is 11.8 Å². The van der Waals surface area contributed by atoms with Gasteiger partial charge >= 0.3 is 0 Å². The molecular formula is C21H29N3O2. The summed E-state index contributed by atoms with van der Waals surface area (Å²) in [5.41, 5.74) is 0.791. The van der Waals surface area contributed by atoms with Crippen molar-refractivity contribution in [3.05, 3.63) is 29.8 Å². The Hall–Kier alpha value is -1.88. The van der Waals surface area contributed by atoms with E-state index < -0.39 is 5.54 Å². The number of likely N-dealkylation sites (N-methyl/N-ethyl adjacent to an activating group) is 1. The predicted molar refractivity (Wildman–Crippen MR) is 102 cm³/mol. The van der Waals surface area contributed by atoms with Crippen LogP contribution in [0.2, 0.25) is 0 Å². The number of methoxy groups -OCH3 is 1. The lowest BCUT2D eigenvalue weighted by molar-refractivity contribution is -0.132. The minimum atomic E-state index is -0.477. The van der Waals surface area contributed by atoms with Gasteiger partial charge < -0.3 is 4.74 Å². The fourth-order valence-electron chi connectivity index (χ4n) is 5.23. The second-order valence-electron chi connectivity index (χ2n) is 7.81. The first-order valence-electron chi connectivity index (χ1n) is 9.87. The first-order valence-corrected chi connectivity index (χ1v) is 9.87. The Morgan fingerprint density at radius 1 is 1.31 bits per heavy atom. The number of rotatable bonds is 5. The van der Waals surface area contributed by atoms with E-state index in [9.17, 15) is 4.79 Å². The van der Waals surface area contributed by atoms with Crippen LogP contribution < -0.4 is 4.74 Å². The first-order chi connectivity index (χ1) is 12.6. The molecular weight excluding hydrogens is 326 g/mol. The number of hydrogen-bond acceptors (Lipinski definition) is 4. The number of likely N-dealkylation sites (tertiary alicyclic amines) is 1. The zero-order chi connectivity index (χ0) is 18.3. The van der Waals surface area contributed by atoms with Gasteiger partial charge in [0.05, 0.1) is 7.11 Å². The highest BCUT2D eigenvalue weighted by molar-refractivity contribution is 6.08. The van der Waals surface area contributed by atoms with E-state index in [1.165, 1.54) is 5.56 Å². The highest BCUT2D eigenvalue weighted by Crippen LogP contribution is 2.50. The standard InChI is InChI=1S/C21H29N3O2/c1-4-19-22-21(20(25)24(19)5-2)10-9-16-13-23(14-18(16)21)12-15-7-6-8-17(11-15)26-3/h6-8,11,16,18H,4-5,9-10,12-14H2,1-3H3/t16-,18+,21-/m0/s1. The highest BCUT2D eigenvalue weighted by atomic mass is 16.5. The number of carbonyl (C=O) groups is 1. The van der Waals surface area contributed by atoms with Gasteiger partial charge in [-0.3, -0.25) is 19.6 Å². The van der Waals surface area contributed by atoms with Crippen molar-refractivity contribution < 1.29 is 9.53 Å². The smallest absolute Gasteiger partial charge is 0.256 e. The van der Waals surface area contributed by atoms with Crippen LogP contribution in [0.1, 0.15) is 38.7 Å². The van der Waals surface area contributed by atoms with Gasteiger partial charge in [-0.25, -0.2) is 0 Å². The third-order valence-corrected chi connectivity index (χ3v) is 6.45. The molecule has 5 heteroatoms. The van der Waals surface area contributed by atoms with Crippen LogP contribution in [0.25, 0.3) is 0 Å². The SMILES string of the molecule is CCC1=N[C@]2(CC[C@H]3CN(Cc4cccc(OC)c4)C[C@H]32)C(=O)N1CC. The zero-order valence-electron chi connectivity index (χ0n) is 16.1. The molecule has 26 heavy (non-hydrogen) atoms. The molecule has 4 rings (SSSR count). The van der Waals surface area contributed by atoms with Gasteiger partial charge in [-0.2, -0.15) is 0 Å². The third kappa shape index (κ3) is 2.64. The third-order valence-electron chi connectivity index (χ3n) is 6.45. The van der Waals surface area contributed by atoms with E-state index in [-0.39, 0.29) is 5.91 Å². The molecule has 0 N–H and O–H groups in total. The van der Waals surface area contributed by atoms with Gasteiger partial charge in [-0.05, 0) is 43.4 Å². The summed E-state index contributed by atoms with van der Waals surface area (Å²) in [6.07, 6.45) is 2.88. The number of ether oxygens (including phenoxy) is 1. The summed E-state index contributed by atoms with van der Waals surface area (Å²) in [6.45, 7) is 7.84. The summed E-state index contributed by atoms with van der Waals surface area (Å²) >= 11 is 0. The van der Waals surface area contributed by atoms with Crippen LogP contribution >= 0.6 is 0 Å². The summed E-state index contributed by atoms with van der Waals surface area (Å²) in [5, 5.41) is 0. The van der Waals surface area contributed by atoms with Gasteiger partial charge in [-0.1, -0.05) is 19.1 Å². The molecule has 0 aromatic heterocycles. The quantitative estimate of drug-likeness (QED) is 0.816. The van der Waals surface area contributed by atoms with Crippen molar-refractivity contribution in [2.24, 2.45) is 16.8 Å². The average molecular weight is 355 g/mol. The summed E-state index contributed by atoms with van der Waals surface area (Å²) < 4.78 is 5.35. The Morgan fingerprint density at radius 3 is 2.85 bits per heavy atom. The molecule has 140 valence electrons. The number of amidine groups is 1. The maximum absolute atomic E-state index is 13.2. The van der Waals surface area contributed by atoms with Crippen molar-refractivity contribution in [2.75, 3.05) is 26.7 Å². The predicted octanol–water partition coefficient (Wildman–Crippen LogP) is 2.95. The van der Waals surface area contributed by atoms with Crippen molar-refractivity contribution in [3.63, 3.8) is 0 Å². The van der Waals surface area contributed by atoms with Crippen molar-refractivity contribution in [3.8, 4) is 5.75 Å². The molecule has 2 fully saturated rings. The zero-order valence-corrected chi connectivity index (χ0v) is 16.1. The molecule has 0 bridgehead atoms. The second kappa shape index (κ2) is 6.69. The highest BCUT2D eigenvalue weighted by Gasteiger charge is 2.60. The molecule has 1 amide bonds. The lowest BCUT2D eigenvalue weighted by Gasteiger charge is -2.28. The summed E-state index contributed by atoms with van der Waals surface area (Å²) in [6, 6.07) is 8.29. The summed E-state index contributed by atoms with van der Waals surface area (Å²) in [4.78, 5) is 22.6. The lowest BCUT2D eigenvalue weighted by atomic mass is 9.85. The van der Waals surface area contributed by atoms with Crippen molar-refractivity contribution >= 4 is 11.7 Å². The normalized spacial score (nSPS) is 31.0. The number of aliphatic imine (C=N–C) groups is 1. The molecule has 5 nitrogen and oxygen atoms in total. The topological polar surface area (TPSA) is 45.1 Å². The fourth-order valence-corrected chi connectivity index (χ4v) is 5.23. The summed E-state index contributed by atoms with van der Waals surface area (Å²) in [7, 11) is 1.71. The molecule has 0 unspecified atom stereocenters. The number of amides is 1. The maximum Gasteiger partial charge on any atom is 0.256 e. The molecule has 1 spiro atoms. The van der Waals surface area contributed by atoms with Gasteiger partial charge in [0.15, 0.2) is 0 Å². The van der Waals surface area contributed by atoms with Gasteiger partial charge in [-0.15, -0.1) is 0 Å². The number of hydrogen-bond donors (Lipinski definition) is 0. The fraction of sp³-hybridized carbons (Fsp3) is 0.619. The molecule has 1 aliphatic carbocycles. The molecule has 2 aliphatic heterocycles. The molecule has 1 aromatic rings. The van der Waals surface area contributed by atoms with E-state index >= 15 is 0 Å². The molecule has 1 saturated heterocycles. The van der Waals surface area contributed by atoms with E-state index in [2.05, 4.69) is 30.9 Å². The van der Waals surface area contributed by atoms with Crippen molar-refractivity contribution in [1.82, 2.24) is 9.80 Å². The number of fused-ring (bicyclic) bond motifs is 2. The van der Waals surface area contributed by atoms with E-state index in [1.807, 2.05) is 17.0 Å². The van der Waals surface area contributed by atoms with Gasteiger partial charge in [0.2, 0.25) is 0 Å². The first kappa shape index (κ1) is 17.5. The number of nitrogens with zero attached hydrogens (tertiary/aromatic N) is 3. The van der Waals surface area contributed by atoms with Crippen LogP contribution in [-0.2, 0) is 11.3 Å². The van der Waals surface area contributed by atoms with Crippen LogP contribution in [0.3, 0.4) is 0 Å². The van der Waals surface area contributed by atoms with Gasteiger partial charge in [0.1, 0.15) is 17.1 Å². The summed E-state index contributed by atoms with van der Waals surface area (Å²) in [5.74, 6) is 3.10. The maximum atomic E-state index is 13.2. The Labute approximate surface area is 156 Å². The Morgan fingerprint density at radius 2 is 2.15 bits per heavy atom. The molecule has 3 atom stereocenters. The van der Waals surface area contributed by atoms with Crippen LogP contribution in [0.15, 0.2) is 29.3 Å².